The van der Waals surface area contributed by atoms with Gasteiger partial charge in [-0.15, -0.1) is 0 Å². The minimum Gasteiger partial charge on any atom is -0.485 e. The molecule has 1 saturated heterocycles. The predicted octanol–water partition coefficient (Wildman–Crippen LogP) is 1.93. The third-order valence-corrected chi connectivity index (χ3v) is 14.8. The number of aliphatic hydroxyl groups excluding tert-OH is 2. The molecule has 3 amide bonds. The lowest BCUT2D eigenvalue weighted by Gasteiger charge is -2.59. The molecule has 6 fully saturated rings. The molecule has 16 heteroatoms. The molecule has 0 bridgehead atoms. The van der Waals surface area contributed by atoms with Crippen molar-refractivity contribution in [2.24, 2.45) is 28.6 Å². The number of Topliss-reactive ketones (excluding diaryl/α,β-unsaturated/α-hetero) is 1. The Morgan fingerprint density at radius 1 is 1.09 bits per heavy atom. The van der Waals surface area contributed by atoms with E-state index in [2.05, 4.69) is 38.8 Å². The maximum Gasteiger partial charge on any atom is 0.303 e. The molecule has 6 aliphatic carbocycles. The Balaban J connectivity index is 0.925. The highest BCUT2D eigenvalue weighted by molar-refractivity contribution is 9.09. The van der Waals surface area contributed by atoms with Gasteiger partial charge in [-0.1, -0.05) is 53.6 Å². The molecule has 15 nitrogen and oxygen atoms in total. The summed E-state index contributed by atoms with van der Waals surface area (Å²) in [4.78, 5) is 74.5. The fourth-order valence-corrected chi connectivity index (χ4v) is 11.5. The zero-order chi connectivity index (χ0) is 40.7. The summed E-state index contributed by atoms with van der Waals surface area (Å²) in [5.74, 6) is -2.81. The number of hydrogen-bond donors (Lipinski definition) is 6. The first kappa shape index (κ1) is 39.8. The molecule has 57 heavy (non-hydrogen) atoms. The second kappa shape index (κ2) is 14.1. The van der Waals surface area contributed by atoms with Crippen LogP contribution in [0, 0.1) is 28.6 Å². The maximum atomic E-state index is 13.9. The Labute approximate surface area is 337 Å². The van der Waals surface area contributed by atoms with Crippen LogP contribution in [0.3, 0.4) is 0 Å². The van der Waals surface area contributed by atoms with Gasteiger partial charge in [0.15, 0.2) is 23.5 Å². The van der Waals surface area contributed by atoms with E-state index in [1.165, 1.54) is 0 Å². The minimum atomic E-state index is -1.48. The van der Waals surface area contributed by atoms with Crippen molar-refractivity contribution in [2.75, 3.05) is 18.5 Å². The number of aliphatic carboxylic acids is 1. The lowest BCUT2D eigenvalue weighted by Crippen LogP contribution is -2.63. The van der Waals surface area contributed by atoms with Crippen molar-refractivity contribution in [1.29, 1.82) is 0 Å². The second-order valence-electron chi connectivity index (χ2n) is 17.4. The topological polar surface area (TPSA) is 227 Å². The lowest BCUT2D eigenvalue weighted by molar-refractivity contribution is -0.201. The molecule has 0 radical (unpaired) electrons. The van der Waals surface area contributed by atoms with Gasteiger partial charge in [0.2, 0.25) is 17.7 Å². The summed E-state index contributed by atoms with van der Waals surface area (Å²) in [6.45, 7) is 2.99. The SMILES string of the molecule is CC12C=CC(=O)C=C1CC[C@@H]1C2[C@@H](O)C[C@@]2(C)C1CC1O[C@@H](c3ccc(OC45CC4(NC(=O)[C@H](CCC(=O)O)NC(=O)CNC(=O)CBr)C5)cc3)O[C@]12C(=O)CO. The number of aliphatic hydroxyl groups is 2. The first-order chi connectivity index (χ1) is 27.0. The molecule has 0 spiro atoms. The normalized spacial score (nSPS) is 39.5. The number of carbonyl (C=O) groups is 6. The number of benzene rings is 1. The van der Waals surface area contributed by atoms with E-state index < -0.39 is 88.2 Å². The van der Waals surface area contributed by atoms with Crippen molar-refractivity contribution < 1.29 is 58.3 Å². The number of ether oxygens (including phenoxy) is 3. The molecule has 4 unspecified atom stereocenters. The van der Waals surface area contributed by atoms with Crippen molar-refractivity contribution in [2.45, 2.75) is 106 Å². The molecule has 1 aromatic rings. The van der Waals surface area contributed by atoms with Crippen LogP contribution in [0.25, 0.3) is 0 Å². The van der Waals surface area contributed by atoms with Crippen molar-refractivity contribution in [3.63, 3.8) is 0 Å². The standard InChI is InChI=1S/C41H48BrN3O12/c1-37-12-11-23(47)13-22(37)5-8-25-26-14-30-41(29(49)18-46,38(26,2)15-28(48)34(25)37)57-36(55-30)21-3-6-24(7-4-21)56-40-19-39(40,20-40)45-35(54)27(9-10-33(52)53)44-32(51)17-43-31(50)16-42/h3-4,6-7,11-13,25-28,30,34,36,46,48H,5,8-10,14-20H2,1-2H3,(H,43,50)(H,44,51)(H,45,54)(H,52,53)/t25-,26?,27-,28-,30?,34?,36+,37?,38-,39?,40?,41+/m0/s1. The summed E-state index contributed by atoms with van der Waals surface area (Å²) in [5.41, 5.74) is -2.40. The maximum absolute atomic E-state index is 13.9. The molecule has 7 aliphatic rings. The van der Waals surface area contributed by atoms with Crippen LogP contribution >= 0.6 is 15.9 Å². The molecule has 5 saturated carbocycles. The van der Waals surface area contributed by atoms with Gasteiger partial charge in [0, 0.05) is 41.6 Å². The zero-order valence-electron chi connectivity index (χ0n) is 31.8. The highest BCUT2D eigenvalue weighted by atomic mass is 79.9. The van der Waals surface area contributed by atoms with Crippen LogP contribution in [0.2, 0.25) is 0 Å². The van der Waals surface area contributed by atoms with E-state index in [9.17, 15) is 44.1 Å². The smallest absolute Gasteiger partial charge is 0.303 e. The van der Waals surface area contributed by atoms with Crippen LogP contribution in [-0.2, 0) is 38.2 Å². The molecule has 1 aliphatic heterocycles. The third-order valence-electron chi connectivity index (χ3n) is 14.3. The van der Waals surface area contributed by atoms with E-state index in [0.29, 0.717) is 30.6 Å². The molecule has 1 heterocycles. The van der Waals surface area contributed by atoms with Crippen molar-refractivity contribution in [1.82, 2.24) is 16.0 Å². The van der Waals surface area contributed by atoms with Crippen molar-refractivity contribution in [3.05, 3.63) is 53.6 Å². The fourth-order valence-electron chi connectivity index (χ4n) is 11.3. The molecule has 0 aromatic heterocycles. The lowest BCUT2D eigenvalue weighted by atomic mass is 9.46. The quantitative estimate of drug-likeness (QED) is 0.148. The number of hydrogen-bond acceptors (Lipinski definition) is 11. The van der Waals surface area contributed by atoms with Crippen LogP contribution in [0.4, 0.5) is 0 Å². The van der Waals surface area contributed by atoms with Gasteiger partial charge in [0.05, 0.1) is 29.6 Å². The van der Waals surface area contributed by atoms with E-state index in [-0.39, 0.29) is 54.7 Å². The highest BCUT2D eigenvalue weighted by Gasteiger charge is 2.88. The Kier molecular flexibility index (Phi) is 9.86. The number of halogens is 1. The van der Waals surface area contributed by atoms with E-state index in [4.69, 9.17) is 14.2 Å². The van der Waals surface area contributed by atoms with Crippen molar-refractivity contribution in [3.8, 4) is 5.75 Å². The number of carbonyl (C=O) groups excluding carboxylic acids is 5. The molecule has 6 N–H and O–H groups in total. The van der Waals surface area contributed by atoms with Crippen molar-refractivity contribution >= 4 is 51.2 Å². The van der Waals surface area contributed by atoms with Gasteiger partial charge < -0.3 is 45.5 Å². The summed E-state index contributed by atoms with van der Waals surface area (Å²) >= 11 is 2.99. The van der Waals surface area contributed by atoms with Gasteiger partial charge in [0.25, 0.3) is 0 Å². The summed E-state index contributed by atoms with van der Waals surface area (Å²) in [6, 6.07) is 5.94. The minimum absolute atomic E-state index is 0.00153. The molecule has 306 valence electrons. The van der Waals surface area contributed by atoms with Gasteiger partial charge in [-0.2, -0.15) is 0 Å². The predicted molar refractivity (Wildman–Crippen MR) is 202 cm³/mol. The van der Waals surface area contributed by atoms with E-state index in [1.54, 1.807) is 36.4 Å². The second-order valence-corrected chi connectivity index (χ2v) is 18.0. The fraction of sp³-hybridized carbons (Fsp3) is 0.610. The average molecular weight is 855 g/mol. The Morgan fingerprint density at radius 2 is 1.82 bits per heavy atom. The van der Waals surface area contributed by atoms with Crippen LogP contribution in [0.5, 0.6) is 5.75 Å². The monoisotopic (exact) mass is 853 g/mol. The first-order valence-electron chi connectivity index (χ1n) is 19.6. The summed E-state index contributed by atoms with van der Waals surface area (Å²) < 4.78 is 19.6. The van der Waals surface area contributed by atoms with E-state index in [1.807, 2.05) is 13.0 Å². The van der Waals surface area contributed by atoms with Gasteiger partial charge in [-0.05, 0) is 68.2 Å². The first-order valence-corrected chi connectivity index (χ1v) is 20.7. The number of allylic oxidation sites excluding steroid dienone is 4. The Hall–Kier alpha value is -3.96. The van der Waals surface area contributed by atoms with Crippen LogP contribution in [0.15, 0.2) is 48.1 Å². The number of nitrogens with one attached hydrogen (secondary N) is 3. The molecule has 8 rings (SSSR count). The van der Waals surface area contributed by atoms with Crippen LogP contribution in [0.1, 0.15) is 77.1 Å². The van der Waals surface area contributed by atoms with E-state index >= 15 is 0 Å². The molecular weight excluding hydrogens is 806 g/mol. The number of rotatable bonds is 14. The summed E-state index contributed by atoms with van der Waals surface area (Å²) in [6.07, 6.45) is 5.74. The zero-order valence-corrected chi connectivity index (χ0v) is 33.3. The number of carboxylic acid groups (broad SMARTS) is 1. The average Bonchev–Trinajstić information content (AvgIpc) is 3.83. The largest absolute Gasteiger partial charge is 0.485 e. The summed E-state index contributed by atoms with van der Waals surface area (Å²) in [7, 11) is 0. The number of amides is 3. The molecular formula is C41H48BrN3O12. The Bertz CT molecular complexity index is 1960. The van der Waals surface area contributed by atoms with Gasteiger partial charge in [0.1, 0.15) is 24.0 Å². The molecule has 1 aromatic carbocycles. The van der Waals surface area contributed by atoms with Gasteiger partial charge in [-0.25, -0.2) is 0 Å². The number of fused-ring (bicyclic) bond motifs is 8. The summed E-state index contributed by atoms with van der Waals surface area (Å²) in [5, 5.41) is 39.3. The van der Waals surface area contributed by atoms with Gasteiger partial charge in [-0.3, -0.25) is 28.8 Å². The van der Waals surface area contributed by atoms with E-state index in [0.717, 1.165) is 18.4 Å². The van der Waals surface area contributed by atoms with Crippen LogP contribution in [-0.4, -0.2) is 104 Å². The number of alkyl halides is 1. The number of carboxylic acids is 1. The number of ketones is 2. The third kappa shape index (κ3) is 6.37. The van der Waals surface area contributed by atoms with Gasteiger partial charge >= 0.3 is 5.97 Å². The Morgan fingerprint density at radius 3 is 2.51 bits per heavy atom. The molecule has 10 atom stereocenters. The van der Waals surface area contributed by atoms with Crippen LogP contribution < -0.4 is 20.7 Å². The highest BCUT2D eigenvalue weighted by Crippen LogP contribution is 2.73.